The molecule has 1 unspecified atom stereocenters. The Morgan fingerprint density at radius 2 is 2.06 bits per heavy atom. The van der Waals surface area contributed by atoms with Crippen molar-refractivity contribution in [2.75, 3.05) is 13.7 Å². The van der Waals surface area contributed by atoms with E-state index in [1.165, 1.54) is 21.0 Å². The summed E-state index contributed by atoms with van der Waals surface area (Å²) in [6.07, 6.45) is -0.841. The van der Waals surface area contributed by atoms with E-state index in [4.69, 9.17) is 10.5 Å². The van der Waals surface area contributed by atoms with Crippen LogP contribution in [0.3, 0.4) is 0 Å². The standard InChI is InChI=1S/C13H20FNO2/c1-8-5-6-9(13(2,3)14)12(17-4)11(8)10(16)7-15/h5-6,10,16H,7,15H2,1-4H3. The topological polar surface area (TPSA) is 55.5 Å². The number of nitrogens with two attached hydrogens (primary N) is 1. The van der Waals surface area contributed by atoms with Crippen molar-refractivity contribution in [1.82, 2.24) is 0 Å². The molecule has 4 heteroatoms. The van der Waals surface area contributed by atoms with Gasteiger partial charge in [0.25, 0.3) is 0 Å². The molecule has 0 bridgehead atoms. The maximum atomic E-state index is 14.1. The fourth-order valence-electron chi connectivity index (χ4n) is 1.92. The molecule has 1 rings (SSSR count). The Hall–Kier alpha value is -1.13. The van der Waals surface area contributed by atoms with Gasteiger partial charge < -0.3 is 15.6 Å². The molecule has 1 aromatic carbocycles. The van der Waals surface area contributed by atoms with Crippen LogP contribution in [0.5, 0.6) is 5.75 Å². The second kappa shape index (κ2) is 5.02. The summed E-state index contributed by atoms with van der Waals surface area (Å²) in [5.74, 6) is 0.385. The maximum Gasteiger partial charge on any atom is 0.134 e. The third-order valence-corrected chi connectivity index (χ3v) is 2.82. The molecular formula is C13H20FNO2. The molecule has 1 aromatic rings. The van der Waals surface area contributed by atoms with Crippen molar-refractivity contribution in [2.45, 2.75) is 32.5 Å². The van der Waals surface area contributed by atoms with Crippen LogP contribution in [0.15, 0.2) is 12.1 Å². The van der Waals surface area contributed by atoms with Crippen molar-refractivity contribution in [1.29, 1.82) is 0 Å². The largest absolute Gasteiger partial charge is 0.496 e. The molecule has 0 saturated carbocycles. The summed E-state index contributed by atoms with van der Waals surface area (Å²) in [4.78, 5) is 0. The van der Waals surface area contributed by atoms with Crippen LogP contribution in [0.1, 0.15) is 36.6 Å². The van der Waals surface area contributed by atoms with Gasteiger partial charge in [0.2, 0.25) is 0 Å². The molecule has 0 aliphatic rings. The lowest BCUT2D eigenvalue weighted by atomic mass is 9.91. The third-order valence-electron chi connectivity index (χ3n) is 2.82. The van der Waals surface area contributed by atoms with Gasteiger partial charge in [0.15, 0.2) is 0 Å². The Balaban J connectivity index is 3.47. The van der Waals surface area contributed by atoms with E-state index in [1.807, 2.05) is 6.92 Å². The molecule has 3 nitrogen and oxygen atoms in total. The molecule has 0 aliphatic carbocycles. The van der Waals surface area contributed by atoms with Gasteiger partial charge in [-0.05, 0) is 26.3 Å². The highest BCUT2D eigenvalue weighted by molar-refractivity contribution is 5.49. The lowest BCUT2D eigenvalue weighted by Gasteiger charge is -2.24. The van der Waals surface area contributed by atoms with Gasteiger partial charge in [0, 0.05) is 17.7 Å². The van der Waals surface area contributed by atoms with Crippen molar-refractivity contribution >= 4 is 0 Å². The lowest BCUT2D eigenvalue weighted by molar-refractivity contribution is 0.177. The Kier molecular flexibility index (Phi) is 4.11. The number of methoxy groups -OCH3 is 1. The zero-order chi connectivity index (χ0) is 13.2. The SMILES string of the molecule is COc1c(C(C)(C)F)ccc(C)c1C(O)CN. The maximum absolute atomic E-state index is 14.1. The highest BCUT2D eigenvalue weighted by Gasteiger charge is 2.27. The van der Waals surface area contributed by atoms with E-state index in [1.54, 1.807) is 12.1 Å². The van der Waals surface area contributed by atoms with Crippen LogP contribution in [-0.4, -0.2) is 18.8 Å². The minimum Gasteiger partial charge on any atom is -0.496 e. The van der Waals surface area contributed by atoms with Crippen LogP contribution in [0.4, 0.5) is 4.39 Å². The van der Waals surface area contributed by atoms with Gasteiger partial charge in [-0.2, -0.15) is 0 Å². The first-order chi connectivity index (χ1) is 7.82. The average Bonchev–Trinajstić information content (AvgIpc) is 2.25. The van der Waals surface area contributed by atoms with Gasteiger partial charge in [-0.15, -0.1) is 0 Å². The van der Waals surface area contributed by atoms with Crippen LogP contribution in [0, 0.1) is 6.92 Å². The Bertz CT molecular complexity index is 399. The number of ether oxygens (including phenoxy) is 1. The minimum atomic E-state index is -1.53. The van der Waals surface area contributed by atoms with Gasteiger partial charge in [-0.1, -0.05) is 12.1 Å². The quantitative estimate of drug-likeness (QED) is 0.849. The highest BCUT2D eigenvalue weighted by atomic mass is 19.1. The molecule has 17 heavy (non-hydrogen) atoms. The summed E-state index contributed by atoms with van der Waals surface area (Å²) in [5, 5.41) is 9.88. The van der Waals surface area contributed by atoms with Crippen molar-refractivity contribution in [3.63, 3.8) is 0 Å². The Labute approximate surface area is 101 Å². The fraction of sp³-hybridized carbons (Fsp3) is 0.538. The molecule has 0 spiro atoms. The molecular weight excluding hydrogens is 221 g/mol. The van der Waals surface area contributed by atoms with E-state index in [9.17, 15) is 9.50 Å². The van der Waals surface area contributed by atoms with E-state index in [-0.39, 0.29) is 6.54 Å². The van der Waals surface area contributed by atoms with Gasteiger partial charge >= 0.3 is 0 Å². The molecule has 96 valence electrons. The number of rotatable bonds is 4. The first-order valence-corrected chi connectivity index (χ1v) is 5.58. The van der Waals surface area contributed by atoms with E-state index in [2.05, 4.69) is 0 Å². The third kappa shape index (κ3) is 2.76. The normalized spacial score (nSPS) is 13.6. The Morgan fingerprint density at radius 1 is 1.47 bits per heavy atom. The monoisotopic (exact) mass is 241 g/mol. The van der Waals surface area contributed by atoms with E-state index in [0.717, 1.165) is 5.56 Å². The number of halogens is 1. The summed E-state index contributed by atoms with van der Waals surface area (Å²) >= 11 is 0. The number of aliphatic hydroxyl groups excluding tert-OH is 1. The summed E-state index contributed by atoms with van der Waals surface area (Å²) in [7, 11) is 1.47. The molecule has 0 aliphatic heterocycles. The number of alkyl halides is 1. The van der Waals surface area contributed by atoms with Crippen molar-refractivity contribution in [3.8, 4) is 5.75 Å². The first-order valence-electron chi connectivity index (χ1n) is 5.58. The summed E-state index contributed by atoms with van der Waals surface area (Å²) in [6, 6.07) is 3.45. The minimum absolute atomic E-state index is 0.0768. The number of benzene rings is 1. The van der Waals surface area contributed by atoms with Gasteiger partial charge in [-0.25, -0.2) is 4.39 Å². The smallest absolute Gasteiger partial charge is 0.134 e. The van der Waals surface area contributed by atoms with Crippen LogP contribution < -0.4 is 10.5 Å². The van der Waals surface area contributed by atoms with Crippen LogP contribution in [-0.2, 0) is 5.67 Å². The number of aryl methyl sites for hydroxylation is 1. The molecule has 0 aromatic heterocycles. The second-order valence-corrected chi connectivity index (χ2v) is 4.60. The van der Waals surface area contributed by atoms with E-state index < -0.39 is 11.8 Å². The van der Waals surface area contributed by atoms with Crippen molar-refractivity contribution in [3.05, 3.63) is 28.8 Å². The van der Waals surface area contributed by atoms with Crippen LogP contribution >= 0.6 is 0 Å². The predicted molar refractivity (Wildman–Crippen MR) is 65.9 cm³/mol. The molecule has 0 heterocycles. The van der Waals surface area contributed by atoms with Gasteiger partial charge in [-0.3, -0.25) is 0 Å². The number of hydrogen-bond acceptors (Lipinski definition) is 3. The Morgan fingerprint density at radius 3 is 2.47 bits per heavy atom. The second-order valence-electron chi connectivity index (χ2n) is 4.60. The molecule has 0 saturated heterocycles. The average molecular weight is 241 g/mol. The number of aliphatic hydroxyl groups is 1. The van der Waals surface area contributed by atoms with E-state index >= 15 is 0 Å². The summed E-state index contributed by atoms with van der Waals surface area (Å²) < 4.78 is 19.3. The van der Waals surface area contributed by atoms with Crippen molar-refractivity contribution in [2.24, 2.45) is 5.73 Å². The zero-order valence-electron chi connectivity index (χ0n) is 10.7. The van der Waals surface area contributed by atoms with Crippen LogP contribution in [0.25, 0.3) is 0 Å². The lowest BCUT2D eigenvalue weighted by Crippen LogP contribution is -2.18. The molecule has 0 radical (unpaired) electrons. The molecule has 3 N–H and O–H groups in total. The molecule has 0 amide bonds. The van der Waals surface area contributed by atoms with Crippen LogP contribution in [0.2, 0.25) is 0 Å². The summed E-state index contributed by atoms with van der Waals surface area (Å²) in [6.45, 7) is 4.83. The van der Waals surface area contributed by atoms with Crippen molar-refractivity contribution < 1.29 is 14.2 Å². The van der Waals surface area contributed by atoms with E-state index in [0.29, 0.717) is 16.9 Å². The van der Waals surface area contributed by atoms with Gasteiger partial charge in [0.05, 0.1) is 13.2 Å². The zero-order valence-corrected chi connectivity index (χ0v) is 10.7. The first kappa shape index (κ1) is 13.9. The number of hydrogen-bond donors (Lipinski definition) is 2. The fourth-order valence-corrected chi connectivity index (χ4v) is 1.92. The highest BCUT2D eigenvalue weighted by Crippen LogP contribution is 2.39. The predicted octanol–water partition coefficient (Wildman–Crippen LogP) is 2.20. The summed E-state index contributed by atoms with van der Waals surface area (Å²) in [5.41, 5.74) is 5.76. The molecule has 0 fully saturated rings. The molecule has 1 atom stereocenters. The van der Waals surface area contributed by atoms with Gasteiger partial charge in [0.1, 0.15) is 11.4 Å².